The van der Waals surface area contributed by atoms with E-state index in [1.807, 2.05) is 12.1 Å². The van der Waals surface area contributed by atoms with Crippen molar-refractivity contribution in [1.82, 2.24) is 15.5 Å². The molecule has 1 aromatic rings. The molecular formula is C21H31N3O3. The lowest BCUT2D eigenvalue weighted by Crippen LogP contribution is -2.58. The van der Waals surface area contributed by atoms with E-state index in [1.54, 1.807) is 17.0 Å². The Bertz CT molecular complexity index is 677. The van der Waals surface area contributed by atoms with Crippen molar-refractivity contribution in [3.05, 3.63) is 35.4 Å². The maximum Gasteiger partial charge on any atom is 0.251 e. The zero-order chi connectivity index (χ0) is 20.0. The highest BCUT2D eigenvalue weighted by molar-refractivity contribution is 5.97. The standard InChI is InChI=1S/C21H31N3O3/c1-5-6-7-17-20(27)22-12-13-24(17)18(25)14-23-19(26)15-8-10-16(11-9-15)21(2,3)4/h8-11,17H,5-7,12-14H2,1-4H3,(H,22,27)(H,23,26)/t17-/m1/s1. The number of rotatable bonds is 6. The van der Waals surface area contributed by atoms with Gasteiger partial charge in [-0.1, -0.05) is 52.7 Å². The number of hydrogen-bond donors (Lipinski definition) is 2. The monoisotopic (exact) mass is 373 g/mol. The van der Waals surface area contributed by atoms with E-state index in [4.69, 9.17) is 0 Å². The normalized spacial score (nSPS) is 17.4. The van der Waals surface area contributed by atoms with E-state index in [0.717, 1.165) is 18.4 Å². The third kappa shape index (κ3) is 5.55. The molecular weight excluding hydrogens is 342 g/mol. The average Bonchev–Trinajstić information content (AvgIpc) is 2.64. The SMILES string of the molecule is CCCC[C@@H]1C(=O)NCCN1C(=O)CNC(=O)c1ccc(C(C)(C)C)cc1. The second kappa shape index (κ2) is 9.02. The summed E-state index contributed by atoms with van der Waals surface area (Å²) in [7, 11) is 0. The van der Waals surface area contributed by atoms with Crippen LogP contribution >= 0.6 is 0 Å². The van der Waals surface area contributed by atoms with E-state index >= 15 is 0 Å². The highest BCUT2D eigenvalue weighted by atomic mass is 16.2. The van der Waals surface area contributed by atoms with Crippen molar-refractivity contribution in [2.45, 2.75) is 58.4 Å². The molecule has 3 amide bonds. The van der Waals surface area contributed by atoms with Gasteiger partial charge in [0.2, 0.25) is 11.8 Å². The maximum atomic E-state index is 12.6. The molecule has 0 radical (unpaired) electrons. The van der Waals surface area contributed by atoms with Crippen molar-refractivity contribution < 1.29 is 14.4 Å². The number of nitrogens with zero attached hydrogens (tertiary/aromatic N) is 1. The van der Waals surface area contributed by atoms with Gasteiger partial charge in [-0.05, 0) is 29.5 Å². The van der Waals surface area contributed by atoms with Gasteiger partial charge in [-0.15, -0.1) is 0 Å². The second-order valence-electron chi connectivity index (χ2n) is 8.05. The summed E-state index contributed by atoms with van der Waals surface area (Å²) in [5.41, 5.74) is 1.69. The number of benzene rings is 1. The zero-order valence-corrected chi connectivity index (χ0v) is 16.8. The van der Waals surface area contributed by atoms with Crippen molar-refractivity contribution in [2.75, 3.05) is 19.6 Å². The first kappa shape index (κ1) is 20.9. The minimum absolute atomic E-state index is 0.0211. The van der Waals surface area contributed by atoms with Crippen LogP contribution < -0.4 is 10.6 Å². The molecule has 0 saturated carbocycles. The molecule has 148 valence electrons. The second-order valence-corrected chi connectivity index (χ2v) is 8.05. The minimum atomic E-state index is -0.436. The van der Waals surface area contributed by atoms with Crippen molar-refractivity contribution >= 4 is 17.7 Å². The summed E-state index contributed by atoms with van der Waals surface area (Å²) in [5.74, 6) is -0.604. The molecule has 1 fully saturated rings. The molecule has 0 bridgehead atoms. The summed E-state index contributed by atoms with van der Waals surface area (Å²) < 4.78 is 0. The van der Waals surface area contributed by atoms with Crippen molar-refractivity contribution in [3.63, 3.8) is 0 Å². The molecule has 0 aliphatic carbocycles. The van der Waals surface area contributed by atoms with Crippen LogP contribution in [0.25, 0.3) is 0 Å². The van der Waals surface area contributed by atoms with Crippen LogP contribution in [0, 0.1) is 0 Å². The molecule has 2 rings (SSSR count). The molecule has 1 aliphatic rings. The Morgan fingerprint density at radius 2 is 1.89 bits per heavy atom. The van der Waals surface area contributed by atoms with Crippen molar-refractivity contribution in [3.8, 4) is 0 Å². The number of unbranched alkanes of at least 4 members (excludes halogenated alkanes) is 1. The number of nitrogens with one attached hydrogen (secondary N) is 2. The summed E-state index contributed by atoms with van der Waals surface area (Å²) >= 11 is 0. The minimum Gasteiger partial charge on any atom is -0.353 e. The van der Waals surface area contributed by atoms with Gasteiger partial charge in [0.1, 0.15) is 6.04 Å². The summed E-state index contributed by atoms with van der Waals surface area (Å²) in [6.07, 6.45) is 2.50. The summed E-state index contributed by atoms with van der Waals surface area (Å²) in [4.78, 5) is 38.6. The van der Waals surface area contributed by atoms with E-state index < -0.39 is 6.04 Å². The number of amides is 3. The Hall–Kier alpha value is -2.37. The quantitative estimate of drug-likeness (QED) is 0.803. The summed E-state index contributed by atoms with van der Waals surface area (Å²) in [5, 5.41) is 5.50. The van der Waals surface area contributed by atoms with Gasteiger partial charge in [0, 0.05) is 18.7 Å². The predicted molar refractivity (Wildman–Crippen MR) is 106 cm³/mol. The molecule has 0 unspecified atom stereocenters. The number of hydrogen-bond acceptors (Lipinski definition) is 3. The van der Waals surface area contributed by atoms with Crippen LogP contribution in [0.3, 0.4) is 0 Å². The molecule has 0 aromatic heterocycles. The number of piperazine rings is 1. The van der Waals surface area contributed by atoms with Gasteiger partial charge >= 0.3 is 0 Å². The Balaban J connectivity index is 1.95. The summed E-state index contributed by atoms with van der Waals surface area (Å²) in [6.45, 7) is 9.23. The predicted octanol–water partition coefficient (Wildman–Crippen LogP) is 2.23. The smallest absolute Gasteiger partial charge is 0.251 e. The van der Waals surface area contributed by atoms with E-state index in [2.05, 4.69) is 38.3 Å². The Morgan fingerprint density at radius 3 is 2.48 bits per heavy atom. The largest absolute Gasteiger partial charge is 0.353 e. The first-order chi connectivity index (χ1) is 12.7. The van der Waals surface area contributed by atoms with E-state index in [9.17, 15) is 14.4 Å². The van der Waals surface area contributed by atoms with E-state index in [1.165, 1.54) is 0 Å². The van der Waals surface area contributed by atoms with Crippen molar-refractivity contribution in [2.24, 2.45) is 0 Å². The maximum absolute atomic E-state index is 12.6. The third-order valence-corrected chi connectivity index (χ3v) is 4.90. The average molecular weight is 373 g/mol. The molecule has 6 nitrogen and oxygen atoms in total. The van der Waals surface area contributed by atoms with Gasteiger partial charge in [0.15, 0.2) is 0 Å². The lowest BCUT2D eigenvalue weighted by Gasteiger charge is -2.35. The molecule has 1 aromatic carbocycles. The Labute approximate surface area is 161 Å². The van der Waals surface area contributed by atoms with Crippen LogP contribution in [-0.4, -0.2) is 48.3 Å². The van der Waals surface area contributed by atoms with Crippen LogP contribution in [-0.2, 0) is 15.0 Å². The lowest BCUT2D eigenvalue weighted by atomic mass is 9.87. The fourth-order valence-corrected chi connectivity index (χ4v) is 3.18. The number of carbonyl (C=O) groups is 3. The fraction of sp³-hybridized carbons (Fsp3) is 0.571. The first-order valence-corrected chi connectivity index (χ1v) is 9.70. The molecule has 1 aliphatic heterocycles. The van der Waals surface area contributed by atoms with E-state index in [0.29, 0.717) is 25.1 Å². The highest BCUT2D eigenvalue weighted by Gasteiger charge is 2.32. The number of carbonyl (C=O) groups excluding carboxylic acids is 3. The van der Waals surface area contributed by atoms with Gasteiger partial charge in [-0.2, -0.15) is 0 Å². The van der Waals surface area contributed by atoms with Gasteiger partial charge in [0.05, 0.1) is 6.54 Å². The van der Waals surface area contributed by atoms with Crippen molar-refractivity contribution in [1.29, 1.82) is 0 Å². The molecule has 1 saturated heterocycles. The van der Waals surface area contributed by atoms with Crippen LogP contribution in [0.15, 0.2) is 24.3 Å². The third-order valence-electron chi connectivity index (χ3n) is 4.90. The van der Waals surface area contributed by atoms with Crippen LogP contribution in [0.5, 0.6) is 0 Å². The fourth-order valence-electron chi connectivity index (χ4n) is 3.18. The topological polar surface area (TPSA) is 78.5 Å². The highest BCUT2D eigenvalue weighted by Crippen LogP contribution is 2.22. The zero-order valence-electron chi connectivity index (χ0n) is 16.8. The van der Waals surface area contributed by atoms with Gasteiger partial charge in [-0.3, -0.25) is 14.4 Å². The molecule has 0 spiro atoms. The lowest BCUT2D eigenvalue weighted by molar-refractivity contribution is -0.142. The van der Waals surface area contributed by atoms with E-state index in [-0.39, 0.29) is 29.7 Å². The van der Waals surface area contributed by atoms with Crippen LogP contribution in [0.1, 0.15) is 62.9 Å². The van der Waals surface area contributed by atoms with Crippen LogP contribution in [0.2, 0.25) is 0 Å². The molecule has 2 N–H and O–H groups in total. The molecule has 1 atom stereocenters. The Morgan fingerprint density at radius 1 is 1.22 bits per heavy atom. The summed E-state index contributed by atoms with van der Waals surface area (Å²) in [6, 6.07) is 6.99. The first-order valence-electron chi connectivity index (χ1n) is 9.70. The molecule has 27 heavy (non-hydrogen) atoms. The molecule has 1 heterocycles. The van der Waals surface area contributed by atoms with Gasteiger partial charge in [-0.25, -0.2) is 0 Å². The Kier molecular flexibility index (Phi) is 6.99. The van der Waals surface area contributed by atoms with Crippen LogP contribution in [0.4, 0.5) is 0 Å². The van der Waals surface area contributed by atoms with Gasteiger partial charge < -0.3 is 15.5 Å². The molecule has 6 heteroatoms. The van der Waals surface area contributed by atoms with Gasteiger partial charge in [0.25, 0.3) is 5.91 Å².